The summed E-state index contributed by atoms with van der Waals surface area (Å²) in [5.41, 5.74) is 6.44. The maximum atomic E-state index is 11.7. The molecule has 5 aromatic rings. The summed E-state index contributed by atoms with van der Waals surface area (Å²) in [5.74, 6) is 1.73. The van der Waals surface area contributed by atoms with Crippen LogP contribution in [0.25, 0.3) is 16.7 Å². The topological polar surface area (TPSA) is 53.4 Å². The quantitative estimate of drug-likeness (QED) is 0.124. The number of carbonyl (C=O) groups excluding carboxylic acids is 1. The minimum atomic E-state index is -0.383. The van der Waals surface area contributed by atoms with E-state index in [0.29, 0.717) is 28.3 Å². The van der Waals surface area contributed by atoms with E-state index in [9.17, 15) is 4.79 Å². The molecular weight excluding hydrogens is 579 g/mol. The highest BCUT2D eigenvalue weighted by Gasteiger charge is 2.30. The highest BCUT2D eigenvalue weighted by atomic mass is 35.5. The Kier molecular flexibility index (Phi) is 8.88. The molecule has 8 heteroatoms. The fourth-order valence-corrected chi connectivity index (χ4v) is 5.35. The van der Waals surface area contributed by atoms with E-state index in [1.54, 1.807) is 6.92 Å². The molecule has 210 valence electrons. The van der Waals surface area contributed by atoms with Crippen molar-refractivity contribution in [2.75, 3.05) is 13.2 Å². The highest BCUT2D eigenvalue weighted by Crippen LogP contribution is 2.43. The first-order chi connectivity index (χ1) is 19.5. The average molecular weight is 608 g/mol. The Morgan fingerprint density at radius 2 is 1.46 bits per heavy atom. The van der Waals surface area contributed by atoms with Crippen molar-refractivity contribution >= 4 is 52.6 Å². The number of esters is 1. The first-order valence-corrected chi connectivity index (χ1v) is 14.2. The Labute approximate surface area is 255 Å². The van der Waals surface area contributed by atoms with Crippen LogP contribution in [0.1, 0.15) is 54.1 Å². The predicted octanol–water partition coefficient (Wildman–Crippen LogP) is 8.75. The van der Waals surface area contributed by atoms with Crippen LogP contribution < -0.4 is 4.74 Å². The molecule has 0 atom stereocenters. The van der Waals surface area contributed by atoms with Crippen LogP contribution >= 0.6 is 35.6 Å². The maximum absolute atomic E-state index is 11.7. The minimum absolute atomic E-state index is 0. The van der Waals surface area contributed by atoms with Gasteiger partial charge in [0.15, 0.2) is 6.61 Å². The van der Waals surface area contributed by atoms with Gasteiger partial charge in [0, 0.05) is 27.6 Å². The van der Waals surface area contributed by atoms with Gasteiger partial charge in [0.05, 0.1) is 17.6 Å². The second-order valence-corrected chi connectivity index (χ2v) is 10.8. The number of hydrogen-bond donors (Lipinski definition) is 0. The number of carbonyl (C=O) groups is 1. The van der Waals surface area contributed by atoms with Crippen molar-refractivity contribution in [2.24, 2.45) is 0 Å². The summed E-state index contributed by atoms with van der Waals surface area (Å²) in [6.07, 6.45) is 2.27. The third-order valence-electron chi connectivity index (χ3n) is 7.14. The largest absolute Gasteiger partial charge is 0.482 e. The SMILES string of the molecule is CCOC(=O)COc1ccc(-n2c(C3CC3)nc3ccc(C(c4ccc(Cl)cc4)c4ccc(Cl)cc4)cc32)cc1.Cl. The third kappa shape index (κ3) is 6.38. The molecule has 1 aliphatic carbocycles. The average Bonchev–Trinajstić information content (AvgIpc) is 3.75. The molecule has 0 amide bonds. The first kappa shape index (κ1) is 29.0. The van der Waals surface area contributed by atoms with Crippen LogP contribution in [0.3, 0.4) is 0 Å². The van der Waals surface area contributed by atoms with Crippen LogP contribution in [0.2, 0.25) is 10.0 Å². The summed E-state index contributed by atoms with van der Waals surface area (Å²) in [6, 6.07) is 30.3. The van der Waals surface area contributed by atoms with E-state index < -0.39 is 0 Å². The predicted molar refractivity (Wildman–Crippen MR) is 166 cm³/mol. The van der Waals surface area contributed by atoms with Crippen LogP contribution in [-0.4, -0.2) is 28.7 Å². The molecule has 4 aromatic carbocycles. The molecule has 0 N–H and O–H groups in total. The van der Waals surface area contributed by atoms with Crippen molar-refractivity contribution in [3.63, 3.8) is 0 Å². The van der Waals surface area contributed by atoms with Crippen LogP contribution in [0.5, 0.6) is 5.75 Å². The summed E-state index contributed by atoms with van der Waals surface area (Å²) in [7, 11) is 0. The summed E-state index contributed by atoms with van der Waals surface area (Å²) < 4.78 is 12.8. The van der Waals surface area contributed by atoms with Crippen molar-refractivity contribution in [1.82, 2.24) is 9.55 Å². The molecule has 5 nitrogen and oxygen atoms in total. The number of ether oxygens (including phenoxy) is 2. The van der Waals surface area contributed by atoms with Gasteiger partial charge in [-0.1, -0.05) is 53.5 Å². The number of halogens is 3. The van der Waals surface area contributed by atoms with Gasteiger partial charge in [-0.3, -0.25) is 4.57 Å². The summed E-state index contributed by atoms with van der Waals surface area (Å²) >= 11 is 12.5. The van der Waals surface area contributed by atoms with Gasteiger partial charge >= 0.3 is 5.97 Å². The lowest BCUT2D eigenvalue weighted by Gasteiger charge is -2.20. The van der Waals surface area contributed by atoms with Crippen molar-refractivity contribution in [3.8, 4) is 11.4 Å². The lowest BCUT2D eigenvalue weighted by atomic mass is 9.85. The second-order valence-electron chi connectivity index (χ2n) is 9.95. The van der Waals surface area contributed by atoms with Gasteiger partial charge in [-0.2, -0.15) is 0 Å². The van der Waals surface area contributed by atoms with E-state index in [2.05, 4.69) is 47.0 Å². The Hall–Kier alpha value is -3.51. The second kappa shape index (κ2) is 12.6. The summed E-state index contributed by atoms with van der Waals surface area (Å²) in [5, 5.41) is 1.41. The smallest absolute Gasteiger partial charge is 0.344 e. The molecule has 0 radical (unpaired) electrons. The zero-order valence-corrected chi connectivity index (χ0v) is 24.8. The van der Waals surface area contributed by atoms with Crippen LogP contribution in [0.4, 0.5) is 0 Å². The van der Waals surface area contributed by atoms with E-state index in [0.717, 1.165) is 52.1 Å². The van der Waals surface area contributed by atoms with Crippen molar-refractivity contribution in [3.05, 3.63) is 124 Å². The number of aromatic nitrogens is 2. The van der Waals surface area contributed by atoms with Gasteiger partial charge in [-0.15, -0.1) is 12.4 Å². The maximum Gasteiger partial charge on any atom is 0.344 e. The first-order valence-electron chi connectivity index (χ1n) is 13.4. The molecule has 1 saturated carbocycles. The fourth-order valence-electron chi connectivity index (χ4n) is 5.10. The van der Waals surface area contributed by atoms with E-state index in [1.807, 2.05) is 48.5 Å². The zero-order chi connectivity index (χ0) is 27.6. The molecule has 0 unspecified atom stereocenters. The molecule has 1 heterocycles. The van der Waals surface area contributed by atoms with Crippen LogP contribution in [-0.2, 0) is 9.53 Å². The molecule has 1 aromatic heterocycles. The van der Waals surface area contributed by atoms with E-state index >= 15 is 0 Å². The lowest BCUT2D eigenvalue weighted by molar-refractivity contribution is -0.145. The third-order valence-corrected chi connectivity index (χ3v) is 7.65. The highest BCUT2D eigenvalue weighted by molar-refractivity contribution is 6.30. The fraction of sp³-hybridized carbons (Fsp3) is 0.212. The molecule has 0 aliphatic heterocycles. The number of fused-ring (bicyclic) bond motifs is 1. The Bertz CT molecular complexity index is 1600. The van der Waals surface area contributed by atoms with Gasteiger partial charge in [0.2, 0.25) is 0 Å². The minimum Gasteiger partial charge on any atom is -0.482 e. The van der Waals surface area contributed by atoms with E-state index in [4.69, 9.17) is 37.7 Å². The summed E-state index contributed by atoms with van der Waals surface area (Å²) in [6.45, 7) is 1.99. The Morgan fingerprint density at radius 1 is 0.878 bits per heavy atom. The van der Waals surface area contributed by atoms with Crippen LogP contribution in [0, 0.1) is 0 Å². The molecule has 1 fully saturated rings. The molecule has 0 spiro atoms. The van der Waals surface area contributed by atoms with Gasteiger partial charge in [0.25, 0.3) is 0 Å². The lowest BCUT2D eigenvalue weighted by Crippen LogP contribution is -2.14. The van der Waals surface area contributed by atoms with E-state index in [-0.39, 0.29) is 30.9 Å². The molecule has 6 rings (SSSR count). The van der Waals surface area contributed by atoms with Gasteiger partial charge in [-0.25, -0.2) is 9.78 Å². The van der Waals surface area contributed by atoms with Crippen molar-refractivity contribution in [1.29, 1.82) is 0 Å². The van der Waals surface area contributed by atoms with Crippen molar-refractivity contribution < 1.29 is 14.3 Å². The summed E-state index contributed by atoms with van der Waals surface area (Å²) in [4.78, 5) is 16.8. The molecule has 41 heavy (non-hydrogen) atoms. The number of rotatable bonds is 9. The Morgan fingerprint density at radius 3 is 2.02 bits per heavy atom. The van der Waals surface area contributed by atoms with Crippen molar-refractivity contribution in [2.45, 2.75) is 31.6 Å². The zero-order valence-electron chi connectivity index (χ0n) is 22.4. The molecular formula is C33H29Cl3N2O3. The number of nitrogens with zero attached hydrogens (tertiary/aromatic N) is 2. The van der Waals surface area contributed by atoms with Gasteiger partial charge in [-0.05, 0) is 97.1 Å². The monoisotopic (exact) mass is 606 g/mol. The molecule has 0 saturated heterocycles. The molecule has 0 bridgehead atoms. The number of hydrogen-bond acceptors (Lipinski definition) is 4. The Balaban J connectivity index is 0.00000337. The standard InChI is InChI=1S/C33H28Cl2N2O3.ClH/c1-2-39-31(38)20-40-28-16-14-27(15-17-28)37-30-19-24(9-18-29(30)36-33(37)23-3-4-23)32(21-5-10-25(34)11-6-21)22-7-12-26(35)13-8-22;/h5-19,23,32H,2-4,20H2,1H3;1H. The normalized spacial score (nSPS) is 12.8. The van der Waals surface area contributed by atoms with E-state index in [1.165, 1.54) is 0 Å². The number of benzene rings is 4. The van der Waals surface area contributed by atoms with Gasteiger partial charge in [0.1, 0.15) is 11.6 Å². The van der Waals surface area contributed by atoms with Crippen LogP contribution in [0.15, 0.2) is 91.0 Å². The van der Waals surface area contributed by atoms with Gasteiger partial charge < -0.3 is 9.47 Å². The number of imidazole rings is 1. The molecule has 1 aliphatic rings.